The molecule has 1 saturated heterocycles. The number of hydrogen-bond acceptors (Lipinski definition) is 4. The predicted octanol–water partition coefficient (Wildman–Crippen LogP) is 2.48. The van der Waals surface area contributed by atoms with Gasteiger partial charge in [0.2, 0.25) is 0 Å². The number of amides is 1. The highest BCUT2D eigenvalue weighted by Crippen LogP contribution is 2.30. The Bertz CT molecular complexity index is 627. The molecule has 1 aromatic rings. The Morgan fingerprint density at radius 3 is 2.92 bits per heavy atom. The molecule has 2 heterocycles. The van der Waals surface area contributed by atoms with Gasteiger partial charge in [-0.2, -0.15) is 0 Å². The van der Waals surface area contributed by atoms with E-state index in [0.717, 1.165) is 32.6 Å². The zero-order valence-electron chi connectivity index (χ0n) is 14.5. The summed E-state index contributed by atoms with van der Waals surface area (Å²) in [6, 6.07) is 5.36. The lowest BCUT2D eigenvalue weighted by Crippen LogP contribution is -2.31. The van der Waals surface area contributed by atoms with Crippen molar-refractivity contribution < 1.29 is 14.3 Å². The van der Waals surface area contributed by atoms with Crippen molar-refractivity contribution in [3.05, 3.63) is 35.4 Å². The van der Waals surface area contributed by atoms with Gasteiger partial charge in [-0.05, 0) is 50.9 Å². The zero-order valence-corrected chi connectivity index (χ0v) is 14.5. The zero-order chi connectivity index (χ0) is 16.9. The second-order valence-electron chi connectivity index (χ2n) is 6.59. The lowest BCUT2D eigenvalue weighted by atomic mass is 10.1. The van der Waals surface area contributed by atoms with Crippen molar-refractivity contribution >= 4 is 5.91 Å². The summed E-state index contributed by atoms with van der Waals surface area (Å²) < 4.78 is 11.0. The third kappa shape index (κ3) is 4.09. The molecular formula is C19H26N2O3. The Morgan fingerprint density at radius 2 is 2.12 bits per heavy atom. The molecule has 0 aliphatic carbocycles. The number of benzene rings is 1. The van der Waals surface area contributed by atoms with Gasteiger partial charge in [0.1, 0.15) is 13.2 Å². The number of carbonyl (C=O) groups excluding carboxylic acids is 1. The molecule has 1 fully saturated rings. The molecular weight excluding hydrogens is 304 g/mol. The van der Waals surface area contributed by atoms with Crippen LogP contribution in [0.5, 0.6) is 11.5 Å². The van der Waals surface area contributed by atoms with Crippen molar-refractivity contribution in [1.29, 1.82) is 0 Å². The lowest BCUT2D eigenvalue weighted by Gasteiger charge is -2.19. The van der Waals surface area contributed by atoms with E-state index in [1.807, 2.05) is 0 Å². The molecule has 0 spiro atoms. The van der Waals surface area contributed by atoms with E-state index in [9.17, 15) is 4.79 Å². The summed E-state index contributed by atoms with van der Waals surface area (Å²) in [5, 5.41) is 3.06. The van der Waals surface area contributed by atoms with Crippen LogP contribution in [0.3, 0.4) is 0 Å². The van der Waals surface area contributed by atoms with Crippen LogP contribution in [0.4, 0.5) is 0 Å². The summed E-state index contributed by atoms with van der Waals surface area (Å²) in [5.74, 6) is 1.84. The number of likely N-dealkylation sites (tertiary alicyclic amines) is 1. The molecule has 1 amide bonds. The van der Waals surface area contributed by atoms with E-state index >= 15 is 0 Å². The molecule has 1 atom stereocenters. The molecule has 5 heteroatoms. The van der Waals surface area contributed by atoms with Gasteiger partial charge in [0, 0.05) is 25.2 Å². The summed E-state index contributed by atoms with van der Waals surface area (Å²) in [4.78, 5) is 14.8. The molecule has 2 aliphatic rings. The fraction of sp³-hybridized carbons (Fsp3) is 0.526. The molecule has 0 radical (unpaired) electrons. The largest absolute Gasteiger partial charge is 0.486 e. The minimum atomic E-state index is -0.0462. The summed E-state index contributed by atoms with van der Waals surface area (Å²) in [7, 11) is 0. The fourth-order valence-corrected chi connectivity index (χ4v) is 3.19. The van der Waals surface area contributed by atoms with Crippen molar-refractivity contribution in [2.45, 2.75) is 20.3 Å². The van der Waals surface area contributed by atoms with E-state index in [4.69, 9.17) is 9.47 Å². The first kappa shape index (κ1) is 16.8. The molecule has 24 heavy (non-hydrogen) atoms. The van der Waals surface area contributed by atoms with Crippen LogP contribution in [0.2, 0.25) is 0 Å². The maximum atomic E-state index is 12.4. The van der Waals surface area contributed by atoms with Crippen LogP contribution in [0.1, 0.15) is 30.6 Å². The normalized spacial score (nSPS) is 20.9. The first-order valence-electron chi connectivity index (χ1n) is 8.67. The second-order valence-corrected chi connectivity index (χ2v) is 6.59. The van der Waals surface area contributed by atoms with Gasteiger partial charge in [0.25, 0.3) is 5.91 Å². The molecule has 130 valence electrons. The number of ether oxygens (including phenoxy) is 2. The van der Waals surface area contributed by atoms with Crippen molar-refractivity contribution in [1.82, 2.24) is 10.2 Å². The number of fused-ring (bicyclic) bond motifs is 1. The first-order chi connectivity index (χ1) is 11.7. The second kappa shape index (κ2) is 7.71. The van der Waals surface area contributed by atoms with Gasteiger partial charge in [-0.15, -0.1) is 0 Å². The highest BCUT2D eigenvalue weighted by Gasteiger charge is 2.23. The van der Waals surface area contributed by atoms with Crippen LogP contribution in [0.25, 0.3) is 0 Å². The van der Waals surface area contributed by atoms with Crippen LogP contribution in [-0.2, 0) is 0 Å². The van der Waals surface area contributed by atoms with E-state index in [0.29, 0.717) is 36.2 Å². The molecule has 2 aliphatic heterocycles. The van der Waals surface area contributed by atoms with Crippen LogP contribution >= 0.6 is 0 Å². The predicted molar refractivity (Wildman–Crippen MR) is 93.7 cm³/mol. The number of nitrogens with one attached hydrogen (secondary N) is 1. The van der Waals surface area contributed by atoms with E-state index in [1.54, 1.807) is 18.2 Å². The molecule has 1 N–H and O–H groups in total. The van der Waals surface area contributed by atoms with Gasteiger partial charge in [0.15, 0.2) is 11.5 Å². The number of rotatable bonds is 5. The smallest absolute Gasteiger partial charge is 0.251 e. The van der Waals surface area contributed by atoms with Crippen molar-refractivity contribution in [2.75, 3.05) is 39.4 Å². The quantitative estimate of drug-likeness (QED) is 0.843. The van der Waals surface area contributed by atoms with Crippen molar-refractivity contribution in [3.8, 4) is 11.5 Å². The average molecular weight is 330 g/mol. The Morgan fingerprint density at radius 1 is 1.33 bits per heavy atom. The van der Waals surface area contributed by atoms with Gasteiger partial charge in [-0.1, -0.05) is 11.6 Å². The number of allylic oxidation sites excluding steroid dienone is 1. The molecule has 1 aromatic carbocycles. The Hall–Kier alpha value is -2.01. The van der Waals surface area contributed by atoms with Gasteiger partial charge >= 0.3 is 0 Å². The van der Waals surface area contributed by atoms with Gasteiger partial charge in [0.05, 0.1) is 0 Å². The fourth-order valence-electron chi connectivity index (χ4n) is 3.19. The van der Waals surface area contributed by atoms with E-state index in [-0.39, 0.29) is 5.91 Å². The summed E-state index contributed by atoms with van der Waals surface area (Å²) in [5.41, 5.74) is 2.02. The topological polar surface area (TPSA) is 50.8 Å². The van der Waals surface area contributed by atoms with E-state index in [2.05, 4.69) is 30.1 Å². The van der Waals surface area contributed by atoms with Crippen LogP contribution < -0.4 is 14.8 Å². The van der Waals surface area contributed by atoms with Crippen LogP contribution in [0.15, 0.2) is 29.8 Å². The van der Waals surface area contributed by atoms with E-state index in [1.165, 1.54) is 5.57 Å². The molecule has 0 saturated carbocycles. The number of nitrogens with zero attached hydrogens (tertiary/aromatic N) is 1. The third-order valence-electron chi connectivity index (χ3n) is 4.69. The summed E-state index contributed by atoms with van der Waals surface area (Å²) in [6.07, 6.45) is 3.30. The van der Waals surface area contributed by atoms with E-state index < -0.39 is 0 Å². The molecule has 0 bridgehead atoms. The first-order valence-corrected chi connectivity index (χ1v) is 8.67. The maximum absolute atomic E-state index is 12.4. The molecule has 0 unspecified atom stereocenters. The average Bonchev–Trinajstić information content (AvgIpc) is 3.06. The maximum Gasteiger partial charge on any atom is 0.251 e. The highest BCUT2D eigenvalue weighted by atomic mass is 16.6. The van der Waals surface area contributed by atoms with Gasteiger partial charge < -0.3 is 14.8 Å². The summed E-state index contributed by atoms with van der Waals surface area (Å²) >= 11 is 0. The Kier molecular flexibility index (Phi) is 5.41. The standard InChI is InChI=1S/C19H26N2O3/c1-3-14(2)12-21-7-6-15(13-21)11-20-19(22)16-4-5-17-18(10-16)24-9-8-23-17/h3-5,10,15H,6-9,11-13H2,1-2H3,(H,20,22)/b14-3+/t15-/m0/s1. The van der Waals surface area contributed by atoms with Gasteiger partial charge in [-0.3, -0.25) is 9.69 Å². The molecule has 3 rings (SSSR count). The Balaban J connectivity index is 1.49. The van der Waals surface area contributed by atoms with Gasteiger partial charge in [-0.25, -0.2) is 0 Å². The highest BCUT2D eigenvalue weighted by molar-refractivity contribution is 5.94. The third-order valence-corrected chi connectivity index (χ3v) is 4.69. The number of carbonyl (C=O) groups is 1. The van der Waals surface area contributed by atoms with Crippen molar-refractivity contribution in [3.63, 3.8) is 0 Å². The lowest BCUT2D eigenvalue weighted by molar-refractivity contribution is 0.0946. The SMILES string of the molecule is C/C=C(\C)CN1CC[C@@H](CNC(=O)c2ccc3c(c2)OCCO3)C1. The van der Waals surface area contributed by atoms with Crippen molar-refractivity contribution in [2.24, 2.45) is 5.92 Å². The number of hydrogen-bond donors (Lipinski definition) is 1. The summed E-state index contributed by atoms with van der Waals surface area (Å²) in [6.45, 7) is 9.24. The van der Waals surface area contributed by atoms with Crippen LogP contribution in [-0.4, -0.2) is 50.2 Å². The minimum absolute atomic E-state index is 0.0462. The monoisotopic (exact) mass is 330 g/mol. The Labute approximate surface area is 143 Å². The molecule has 5 nitrogen and oxygen atoms in total. The molecule has 0 aromatic heterocycles. The van der Waals surface area contributed by atoms with Crippen LogP contribution in [0, 0.1) is 5.92 Å². The minimum Gasteiger partial charge on any atom is -0.486 e.